The third kappa shape index (κ3) is 4.16. The predicted molar refractivity (Wildman–Crippen MR) is 113 cm³/mol. The number of nitrogens with one attached hydrogen (secondary N) is 1. The van der Waals surface area contributed by atoms with Gasteiger partial charge in [0.05, 0.1) is 6.04 Å². The number of nitrogens with zero attached hydrogens (tertiary/aromatic N) is 2. The van der Waals surface area contributed by atoms with Crippen LogP contribution in [-0.4, -0.2) is 35.3 Å². The monoisotopic (exact) mass is 393 g/mol. The Morgan fingerprint density at radius 3 is 2.31 bits per heavy atom. The minimum absolute atomic E-state index is 0.222. The molecule has 1 saturated heterocycles. The van der Waals surface area contributed by atoms with Gasteiger partial charge in [0, 0.05) is 5.69 Å². The van der Waals surface area contributed by atoms with Crippen molar-refractivity contribution < 1.29 is 14.4 Å². The Kier molecular flexibility index (Phi) is 5.73. The number of rotatable bonds is 5. The second-order valence-corrected chi connectivity index (χ2v) is 7.72. The molecule has 2 aromatic rings. The maximum atomic E-state index is 12.8. The zero-order valence-electron chi connectivity index (χ0n) is 17.5. The van der Waals surface area contributed by atoms with E-state index in [2.05, 4.69) is 5.32 Å². The fourth-order valence-electron chi connectivity index (χ4n) is 3.46. The molecule has 1 aliphatic heterocycles. The van der Waals surface area contributed by atoms with Gasteiger partial charge >= 0.3 is 6.03 Å². The van der Waals surface area contributed by atoms with Crippen LogP contribution >= 0.6 is 0 Å². The molecule has 0 aromatic heterocycles. The van der Waals surface area contributed by atoms with Crippen LogP contribution in [0, 0.1) is 20.8 Å². The van der Waals surface area contributed by atoms with Gasteiger partial charge in [-0.3, -0.25) is 19.4 Å². The lowest BCUT2D eigenvalue weighted by molar-refractivity contribution is -0.132. The quantitative estimate of drug-likeness (QED) is 0.789. The molecule has 0 bridgehead atoms. The number of urea groups is 1. The number of imide groups is 1. The second kappa shape index (κ2) is 8.07. The van der Waals surface area contributed by atoms with Crippen molar-refractivity contribution in [2.45, 2.75) is 46.7 Å². The van der Waals surface area contributed by atoms with Crippen LogP contribution in [0.15, 0.2) is 42.5 Å². The topological polar surface area (TPSA) is 69.7 Å². The summed E-state index contributed by atoms with van der Waals surface area (Å²) in [7, 11) is 0. The van der Waals surface area contributed by atoms with Crippen LogP contribution in [0.25, 0.3) is 0 Å². The number of anilines is 1. The lowest BCUT2D eigenvalue weighted by atomic mass is 10.0. The number of benzene rings is 2. The summed E-state index contributed by atoms with van der Waals surface area (Å²) < 4.78 is 0. The fraction of sp³-hybridized carbons (Fsp3) is 0.348. The molecule has 2 aromatic carbocycles. The summed E-state index contributed by atoms with van der Waals surface area (Å²) in [5, 5.41) is 2.88. The molecular formula is C23H27N3O3. The highest BCUT2D eigenvalue weighted by molar-refractivity contribution is 6.15. The highest BCUT2D eigenvalue weighted by atomic mass is 16.2. The first-order valence-electron chi connectivity index (χ1n) is 9.76. The minimum Gasteiger partial charge on any atom is -0.348 e. The average molecular weight is 393 g/mol. The Labute approximate surface area is 171 Å². The van der Waals surface area contributed by atoms with E-state index in [9.17, 15) is 14.4 Å². The molecule has 6 nitrogen and oxygen atoms in total. The molecule has 0 aliphatic carbocycles. The molecular weight excluding hydrogens is 366 g/mol. The van der Waals surface area contributed by atoms with Crippen LogP contribution in [-0.2, 0) is 9.59 Å². The molecule has 3 rings (SSSR count). The molecule has 0 saturated carbocycles. The number of amides is 4. The first-order valence-corrected chi connectivity index (χ1v) is 9.76. The average Bonchev–Trinajstić information content (AvgIpc) is 2.88. The van der Waals surface area contributed by atoms with E-state index in [0.717, 1.165) is 21.6 Å². The van der Waals surface area contributed by atoms with Crippen molar-refractivity contribution in [3.8, 4) is 0 Å². The number of hydrogen-bond acceptors (Lipinski definition) is 3. The van der Waals surface area contributed by atoms with E-state index in [1.165, 1.54) is 10.5 Å². The summed E-state index contributed by atoms with van der Waals surface area (Å²) in [5.74, 6) is -0.736. The molecule has 6 heteroatoms. The number of aryl methyl sites for hydroxylation is 3. The van der Waals surface area contributed by atoms with Gasteiger partial charge in [-0.1, -0.05) is 35.9 Å². The second-order valence-electron chi connectivity index (χ2n) is 7.72. The zero-order chi connectivity index (χ0) is 21.3. The van der Waals surface area contributed by atoms with E-state index in [1.54, 1.807) is 6.92 Å². The van der Waals surface area contributed by atoms with Gasteiger partial charge in [0.1, 0.15) is 12.6 Å². The van der Waals surface area contributed by atoms with Gasteiger partial charge < -0.3 is 5.32 Å². The normalized spacial score (nSPS) is 17.6. The highest BCUT2D eigenvalue weighted by Gasteiger charge is 2.44. The summed E-state index contributed by atoms with van der Waals surface area (Å²) >= 11 is 0. The van der Waals surface area contributed by atoms with E-state index in [4.69, 9.17) is 0 Å². The van der Waals surface area contributed by atoms with Crippen LogP contribution in [0.5, 0.6) is 0 Å². The molecule has 0 unspecified atom stereocenters. The molecule has 152 valence electrons. The van der Waals surface area contributed by atoms with Gasteiger partial charge in [0.25, 0.3) is 5.91 Å². The Balaban J connectivity index is 1.69. The number of hydrogen-bond donors (Lipinski definition) is 1. The standard InChI is InChI=1S/C23H27N3O3/c1-14-6-10-20(11-7-14)26-18(5)22(28)25(23(26)29)13-21(27)24-17(4)19-9-8-15(2)16(3)12-19/h6-12,17-18H,13H2,1-5H3,(H,24,27)/t17-,18-/m1/s1. The molecule has 29 heavy (non-hydrogen) atoms. The van der Waals surface area contributed by atoms with E-state index in [-0.39, 0.29) is 24.4 Å². The first kappa shape index (κ1) is 20.6. The maximum Gasteiger partial charge on any atom is 0.332 e. The van der Waals surface area contributed by atoms with Gasteiger partial charge in [-0.2, -0.15) is 0 Å². The Hall–Kier alpha value is -3.15. The van der Waals surface area contributed by atoms with E-state index in [0.29, 0.717) is 5.69 Å². The van der Waals surface area contributed by atoms with Crippen molar-refractivity contribution >= 4 is 23.5 Å². The Morgan fingerprint density at radius 1 is 1.03 bits per heavy atom. The van der Waals surface area contributed by atoms with Crippen LogP contribution in [0.4, 0.5) is 10.5 Å². The van der Waals surface area contributed by atoms with Crippen molar-refractivity contribution in [3.63, 3.8) is 0 Å². The molecule has 4 amide bonds. The van der Waals surface area contributed by atoms with Gasteiger partial charge in [0.2, 0.25) is 5.91 Å². The molecule has 1 N–H and O–H groups in total. The molecule has 0 spiro atoms. The molecule has 0 radical (unpaired) electrons. The molecule has 1 heterocycles. The van der Waals surface area contributed by atoms with Crippen LogP contribution in [0.2, 0.25) is 0 Å². The minimum atomic E-state index is -0.643. The Morgan fingerprint density at radius 2 is 1.69 bits per heavy atom. The van der Waals surface area contributed by atoms with E-state index >= 15 is 0 Å². The van der Waals surface area contributed by atoms with Crippen molar-refractivity contribution in [2.75, 3.05) is 11.4 Å². The SMILES string of the molecule is Cc1ccc(N2C(=O)N(CC(=O)N[C@H](C)c3ccc(C)c(C)c3)C(=O)[C@H]2C)cc1. The molecule has 2 atom stereocenters. The third-order valence-corrected chi connectivity index (χ3v) is 5.47. The highest BCUT2D eigenvalue weighted by Crippen LogP contribution is 2.26. The lowest BCUT2D eigenvalue weighted by Gasteiger charge is -2.20. The molecule has 1 fully saturated rings. The summed E-state index contributed by atoms with van der Waals surface area (Å²) in [6.07, 6.45) is 0. The number of carbonyl (C=O) groups is 3. The zero-order valence-corrected chi connectivity index (χ0v) is 17.5. The first-order chi connectivity index (χ1) is 13.7. The van der Waals surface area contributed by atoms with Crippen LogP contribution < -0.4 is 10.2 Å². The summed E-state index contributed by atoms with van der Waals surface area (Å²) in [6, 6.07) is 12.1. The van der Waals surface area contributed by atoms with Gasteiger partial charge in [0.15, 0.2) is 0 Å². The van der Waals surface area contributed by atoms with Crippen molar-refractivity contribution in [2.24, 2.45) is 0 Å². The van der Waals surface area contributed by atoms with Gasteiger partial charge in [-0.25, -0.2) is 4.79 Å². The van der Waals surface area contributed by atoms with Crippen molar-refractivity contribution in [3.05, 3.63) is 64.7 Å². The number of carbonyl (C=O) groups excluding carboxylic acids is 3. The van der Waals surface area contributed by atoms with E-state index in [1.807, 2.05) is 70.2 Å². The smallest absolute Gasteiger partial charge is 0.332 e. The molecule has 1 aliphatic rings. The third-order valence-electron chi connectivity index (χ3n) is 5.47. The fourth-order valence-corrected chi connectivity index (χ4v) is 3.46. The van der Waals surface area contributed by atoms with E-state index < -0.39 is 12.1 Å². The van der Waals surface area contributed by atoms with Crippen LogP contribution in [0.1, 0.15) is 42.1 Å². The van der Waals surface area contributed by atoms with Crippen molar-refractivity contribution in [1.82, 2.24) is 10.2 Å². The largest absolute Gasteiger partial charge is 0.348 e. The summed E-state index contributed by atoms with van der Waals surface area (Å²) in [6.45, 7) is 9.29. The maximum absolute atomic E-state index is 12.8. The summed E-state index contributed by atoms with van der Waals surface area (Å²) in [4.78, 5) is 40.5. The van der Waals surface area contributed by atoms with Gasteiger partial charge in [-0.15, -0.1) is 0 Å². The van der Waals surface area contributed by atoms with Crippen molar-refractivity contribution in [1.29, 1.82) is 0 Å². The lowest BCUT2D eigenvalue weighted by Crippen LogP contribution is -2.42. The summed E-state index contributed by atoms with van der Waals surface area (Å²) in [5.41, 5.74) is 5.03. The Bertz CT molecular complexity index is 952. The van der Waals surface area contributed by atoms with Crippen LogP contribution in [0.3, 0.4) is 0 Å². The van der Waals surface area contributed by atoms with Gasteiger partial charge in [-0.05, 0) is 63.4 Å². The predicted octanol–water partition coefficient (Wildman–Crippen LogP) is 3.65.